The molecule has 4 heterocycles. The molecule has 0 bridgehead atoms. The Labute approximate surface area is 172 Å². The van der Waals surface area contributed by atoms with Crippen molar-refractivity contribution in [3.8, 4) is 28.6 Å². The van der Waals surface area contributed by atoms with Gasteiger partial charge < -0.3 is 4.90 Å². The fraction of sp³-hybridized carbons (Fsp3) is 0.286. The summed E-state index contributed by atoms with van der Waals surface area (Å²) in [6.07, 6.45) is 5.63. The van der Waals surface area contributed by atoms with Crippen molar-refractivity contribution in [3.63, 3.8) is 0 Å². The summed E-state index contributed by atoms with van der Waals surface area (Å²) in [5.74, 6) is 0.708. The summed E-state index contributed by atoms with van der Waals surface area (Å²) in [5.41, 5.74) is 2.65. The maximum Gasteiger partial charge on any atom is 0.199 e. The molecule has 1 saturated heterocycles. The summed E-state index contributed by atoms with van der Waals surface area (Å²) in [5, 5.41) is 21.7. The molecule has 0 amide bonds. The summed E-state index contributed by atoms with van der Waals surface area (Å²) in [6.45, 7) is 0.875. The molecule has 8 nitrogen and oxygen atoms in total. The first-order chi connectivity index (χ1) is 14.5. The van der Waals surface area contributed by atoms with Crippen molar-refractivity contribution in [2.75, 3.05) is 18.0 Å². The van der Waals surface area contributed by atoms with Gasteiger partial charge in [0.25, 0.3) is 0 Å². The topological polar surface area (TPSA) is 99.3 Å². The largest absolute Gasteiger partial charge is 0.356 e. The van der Waals surface area contributed by atoms with Crippen molar-refractivity contribution in [3.05, 3.63) is 43.0 Å². The number of anilines is 1. The minimum atomic E-state index is -1.74. The van der Waals surface area contributed by atoms with Gasteiger partial charge in [-0.25, -0.2) is 14.4 Å². The van der Waals surface area contributed by atoms with Crippen LogP contribution in [0.3, 0.4) is 0 Å². The number of nitriles is 1. The van der Waals surface area contributed by atoms with Gasteiger partial charge in [-0.3, -0.25) is 9.78 Å². The smallest absolute Gasteiger partial charge is 0.199 e. The number of rotatable bonds is 3. The van der Waals surface area contributed by atoms with Gasteiger partial charge in [-0.1, -0.05) is 6.07 Å². The Morgan fingerprint density at radius 3 is 2.73 bits per heavy atom. The van der Waals surface area contributed by atoms with E-state index in [9.17, 15) is 4.39 Å². The number of hydrogen-bond acceptors (Lipinski definition) is 6. The van der Waals surface area contributed by atoms with Gasteiger partial charge in [0.1, 0.15) is 23.9 Å². The summed E-state index contributed by atoms with van der Waals surface area (Å²) in [7, 11) is 1.89. The van der Waals surface area contributed by atoms with E-state index in [4.69, 9.17) is 5.26 Å². The van der Waals surface area contributed by atoms with Gasteiger partial charge in [0, 0.05) is 56.2 Å². The van der Waals surface area contributed by atoms with Crippen LogP contribution >= 0.6 is 0 Å². The Kier molecular flexibility index (Phi) is 4.20. The van der Waals surface area contributed by atoms with E-state index < -0.39 is 5.67 Å². The molecule has 0 unspecified atom stereocenters. The molecule has 0 spiro atoms. The number of fused-ring (bicyclic) bond motifs is 1. The zero-order chi connectivity index (χ0) is 20.7. The molecule has 0 atom stereocenters. The van der Waals surface area contributed by atoms with E-state index in [2.05, 4.69) is 31.3 Å². The van der Waals surface area contributed by atoms with E-state index >= 15 is 0 Å². The van der Waals surface area contributed by atoms with E-state index in [1.54, 1.807) is 10.8 Å². The van der Waals surface area contributed by atoms with Gasteiger partial charge >= 0.3 is 0 Å². The molecule has 1 N–H and O–H groups in total. The molecule has 1 fully saturated rings. The van der Waals surface area contributed by atoms with E-state index in [0.29, 0.717) is 24.6 Å². The van der Waals surface area contributed by atoms with Crippen molar-refractivity contribution in [2.45, 2.75) is 18.5 Å². The molecule has 0 saturated carbocycles. The molecule has 1 aliphatic rings. The standard InChI is InChI=1S/C21H19FN8/c1-29-11-15(10-26-29)14-2-3-17-16(8-14)20(28-27-17)18-9-19(25-13-24-18)30-6-4-21(22,12-23)5-7-30/h2-3,8-11,13H,4-7H2,1H3,(H,27,28). The number of H-pyrrole nitrogens is 1. The maximum absolute atomic E-state index is 14.2. The van der Waals surface area contributed by atoms with Crippen LogP contribution in [0.4, 0.5) is 10.2 Å². The molecule has 0 radical (unpaired) electrons. The summed E-state index contributed by atoms with van der Waals surface area (Å²) in [6, 6.07) is 9.73. The number of piperidine rings is 1. The Balaban J connectivity index is 1.49. The highest BCUT2D eigenvalue weighted by molar-refractivity contribution is 5.95. The van der Waals surface area contributed by atoms with Crippen molar-refractivity contribution in [1.82, 2.24) is 29.9 Å². The van der Waals surface area contributed by atoms with Crippen molar-refractivity contribution in [2.24, 2.45) is 7.05 Å². The van der Waals surface area contributed by atoms with Gasteiger partial charge in [-0.05, 0) is 17.7 Å². The van der Waals surface area contributed by atoms with E-state index in [1.165, 1.54) is 6.33 Å². The number of nitrogens with zero attached hydrogens (tertiary/aromatic N) is 7. The zero-order valence-corrected chi connectivity index (χ0v) is 16.4. The summed E-state index contributed by atoms with van der Waals surface area (Å²) >= 11 is 0. The predicted molar refractivity (Wildman–Crippen MR) is 110 cm³/mol. The fourth-order valence-corrected chi connectivity index (χ4v) is 3.81. The average Bonchev–Trinajstić information content (AvgIpc) is 3.40. The van der Waals surface area contributed by atoms with Crippen LogP contribution < -0.4 is 4.90 Å². The molecule has 150 valence electrons. The van der Waals surface area contributed by atoms with Crippen molar-refractivity contribution < 1.29 is 4.39 Å². The number of alkyl halides is 1. The van der Waals surface area contributed by atoms with Crippen LogP contribution in [-0.4, -0.2) is 48.7 Å². The number of hydrogen-bond donors (Lipinski definition) is 1. The molecule has 4 aromatic rings. The van der Waals surface area contributed by atoms with Crippen molar-refractivity contribution >= 4 is 16.7 Å². The summed E-state index contributed by atoms with van der Waals surface area (Å²) < 4.78 is 16.0. The normalized spacial score (nSPS) is 16.0. The van der Waals surface area contributed by atoms with Crippen molar-refractivity contribution in [1.29, 1.82) is 5.26 Å². The molecule has 9 heteroatoms. The second-order valence-corrected chi connectivity index (χ2v) is 7.56. The molecule has 5 rings (SSSR count). The monoisotopic (exact) mass is 402 g/mol. The number of nitrogens with one attached hydrogen (secondary N) is 1. The number of aromatic nitrogens is 6. The zero-order valence-electron chi connectivity index (χ0n) is 16.4. The average molecular weight is 402 g/mol. The highest BCUT2D eigenvalue weighted by Gasteiger charge is 2.35. The van der Waals surface area contributed by atoms with Crippen LogP contribution in [0, 0.1) is 11.3 Å². The third-order valence-corrected chi connectivity index (χ3v) is 5.58. The predicted octanol–water partition coefficient (Wildman–Crippen LogP) is 3.25. The van der Waals surface area contributed by atoms with E-state index in [0.717, 1.165) is 27.7 Å². The van der Waals surface area contributed by atoms with Crippen LogP contribution in [-0.2, 0) is 7.05 Å². The first-order valence-electron chi connectivity index (χ1n) is 9.69. The molecule has 3 aromatic heterocycles. The molecule has 1 aromatic carbocycles. The fourth-order valence-electron chi connectivity index (χ4n) is 3.81. The molecule has 1 aliphatic heterocycles. The minimum absolute atomic E-state index is 0.169. The highest BCUT2D eigenvalue weighted by Crippen LogP contribution is 2.32. The number of benzene rings is 1. The second kappa shape index (κ2) is 6.91. The van der Waals surface area contributed by atoms with Crippen LogP contribution in [0.5, 0.6) is 0 Å². The number of aromatic amines is 1. The van der Waals surface area contributed by atoms with E-state index in [1.807, 2.05) is 42.5 Å². The molecule has 0 aliphatic carbocycles. The van der Waals surface area contributed by atoms with Gasteiger partial charge in [0.15, 0.2) is 5.67 Å². The Morgan fingerprint density at radius 2 is 2.00 bits per heavy atom. The molecular formula is C21H19FN8. The minimum Gasteiger partial charge on any atom is -0.356 e. The van der Waals surface area contributed by atoms with Crippen LogP contribution in [0.1, 0.15) is 12.8 Å². The Morgan fingerprint density at radius 1 is 1.17 bits per heavy atom. The van der Waals surface area contributed by atoms with E-state index in [-0.39, 0.29) is 12.8 Å². The third-order valence-electron chi connectivity index (χ3n) is 5.58. The lowest BCUT2D eigenvalue weighted by molar-refractivity contribution is 0.193. The first-order valence-corrected chi connectivity index (χ1v) is 9.69. The van der Waals surface area contributed by atoms with Crippen LogP contribution in [0.15, 0.2) is 43.0 Å². The lowest BCUT2D eigenvalue weighted by Crippen LogP contribution is -2.41. The number of aryl methyl sites for hydroxylation is 1. The Bertz CT molecular complexity index is 1260. The quantitative estimate of drug-likeness (QED) is 0.565. The lowest BCUT2D eigenvalue weighted by Gasteiger charge is -2.33. The van der Waals surface area contributed by atoms with Gasteiger partial charge in [-0.2, -0.15) is 15.5 Å². The first kappa shape index (κ1) is 18.2. The second-order valence-electron chi connectivity index (χ2n) is 7.56. The maximum atomic E-state index is 14.2. The van der Waals surface area contributed by atoms with Crippen LogP contribution in [0.2, 0.25) is 0 Å². The van der Waals surface area contributed by atoms with Crippen LogP contribution in [0.25, 0.3) is 33.4 Å². The SMILES string of the molecule is Cn1cc(-c2ccc3[nH]nc(-c4cc(N5CCC(F)(C#N)CC5)ncn4)c3c2)cn1. The van der Waals surface area contributed by atoms with Gasteiger partial charge in [0.2, 0.25) is 0 Å². The highest BCUT2D eigenvalue weighted by atomic mass is 19.1. The molecular weight excluding hydrogens is 383 g/mol. The third kappa shape index (κ3) is 3.16. The molecule has 30 heavy (non-hydrogen) atoms. The van der Waals surface area contributed by atoms with Gasteiger partial charge in [0.05, 0.1) is 17.4 Å². The lowest BCUT2D eigenvalue weighted by atomic mass is 9.95. The number of halogens is 1. The summed E-state index contributed by atoms with van der Waals surface area (Å²) in [4.78, 5) is 10.8. The van der Waals surface area contributed by atoms with Gasteiger partial charge in [-0.15, -0.1) is 0 Å². The Hall–Kier alpha value is -3.80.